The molecule has 0 aliphatic heterocycles. The van der Waals surface area contributed by atoms with Gasteiger partial charge in [0.15, 0.2) is 0 Å². The minimum absolute atomic E-state index is 0.367. The topological polar surface area (TPSA) is 96.1 Å². The van der Waals surface area contributed by atoms with Crippen LogP contribution < -0.4 is 16.6 Å². The lowest BCUT2D eigenvalue weighted by Gasteiger charge is -2.15. The van der Waals surface area contributed by atoms with Gasteiger partial charge in [-0.2, -0.15) is 0 Å². The third-order valence-corrected chi connectivity index (χ3v) is 3.10. The van der Waals surface area contributed by atoms with Crippen LogP contribution in [0.5, 0.6) is 0 Å². The Balaban J connectivity index is 1.97. The standard InChI is InChI=1S/C13H23N5O/c1-8(2)5-10(19)7-15-11-6-12(18-14)17-13(16-11)9-3-4-9/h6,8-10,19H,3-5,7,14H2,1-2H3,(H2,15,16,17,18). The number of aromatic nitrogens is 2. The molecule has 1 saturated carbocycles. The van der Waals surface area contributed by atoms with Crippen LogP contribution in [0.2, 0.25) is 0 Å². The van der Waals surface area contributed by atoms with Crippen molar-refractivity contribution in [1.29, 1.82) is 0 Å². The average molecular weight is 265 g/mol. The molecule has 0 aromatic carbocycles. The van der Waals surface area contributed by atoms with Gasteiger partial charge in [-0.3, -0.25) is 0 Å². The second kappa shape index (κ2) is 6.16. The molecule has 19 heavy (non-hydrogen) atoms. The first kappa shape index (κ1) is 14.0. The van der Waals surface area contributed by atoms with Gasteiger partial charge in [0.05, 0.1) is 6.10 Å². The highest BCUT2D eigenvalue weighted by atomic mass is 16.3. The molecule has 106 valence electrons. The molecule has 1 unspecified atom stereocenters. The van der Waals surface area contributed by atoms with Crippen LogP contribution >= 0.6 is 0 Å². The SMILES string of the molecule is CC(C)CC(O)CNc1cc(NN)nc(C2CC2)n1. The van der Waals surface area contributed by atoms with Gasteiger partial charge < -0.3 is 15.8 Å². The number of aliphatic hydroxyl groups is 1. The lowest BCUT2D eigenvalue weighted by molar-refractivity contribution is 0.161. The first-order valence-corrected chi connectivity index (χ1v) is 6.86. The Morgan fingerprint density at radius 1 is 1.37 bits per heavy atom. The predicted molar refractivity (Wildman–Crippen MR) is 75.8 cm³/mol. The van der Waals surface area contributed by atoms with Gasteiger partial charge in [0.25, 0.3) is 0 Å². The summed E-state index contributed by atoms with van der Waals surface area (Å²) in [4.78, 5) is 8.81. The van der Waals surface area contributed by atoms with Crippen LogP contribution in [0, 0.1) is 5.92 Å². The molecule has 1 heterocycles. The van der Waals surface area contributed by atoms with Gasteiger partial charge >= 0.3 is 0 Å². The van der Waals surface area contributed by atoms with Crippen LogP contribution in [0.1, 0.15) is 44.9 Å². The summed E-state index contributed by atoms with van der Waals surface area (Å²) in [7, 11) is 0. The van der Waals surface area contributed by atoms with E-state index in [0.717, 1.165) is 25.1 Å². The van der Waals surface area contributed by atoms with E-state index in [1.165, 1.54) is 0 Å². The molecule has 1 atom stereocenters. The zero-order valence-electron chi connectivity index (χ0n) is 11.6. The van der Waals surface area contributed by atoms with Gasteiger partial charge in [-0.15, -0.1) is 0 Å². The third kappa shape index (κ3) is 4.33. The third-order valence-electron chi connectivity index (χ3n) is 3.10. The molecule has 1 aliphatic carbocycles. The van der Waals surface area contributed by atoms with Crippen molar-refractivity contribution in [2.45, 2.75) is 45.1 Å². The van der Waals surface area contributed by atoms with E-state index in [1.54, 1.807) is 6.07 Å². The van der Waals surface area contributed by atoms with E-state index in [-0.39, 0.29) is 6.10 Å². The van der Waals surface area contributed by atoms with E-state index in [1.807, 2.05) is 0 Å². The lowest BCUT2D eigenvalue weighted by Crippen LogP contribution is -2.22. The van der Waals surface area contributed by atoms with E-state index in [9.17, 15) is 5.11 Å². The van der Waals surface area contributed by atoms with Gasteiger partial charge in [-0.25, -0.2) is 15.8 Å². The van der Waals surface area contributed by atoms with E-state index in [4.69, 9.17) is 5.84 Å². The smallest absolute Gasteiger partial charge is 0.145 e. The predicted octanol–water partition coefficient (Wildman–Crippen LogP) is 1.46. The molecule has 1 aromatic rings. The van der Waals surface area contributed by atoms with E-state index >= 15 is 0 Å². The van der Waals surface area contributed by atoms with Gasteiger partial charge in [0, 0.05) is 18.5 Å². The molecule has 6 nitrogen and oxygen atoms in total. The normalized spacial score (nSPS) is 16.5. The summed E-state index contributed by atoms with van der Waals surface area (Å²) in [6.07, 6.45) is 2.69. The van der Waals surface area contributed by atoms with Gasteiger partial charge in [0.2, 0.25) is 0 Å². The van der Waals surface area contributed by atoms with Gasteiger partial charge in [-0.1, -0.05) is 13.8 Å². The maximum atomic E-state index is 9.85. The number of rotatable bonds is 7. The zero-order valence-corrected chi connectivity index (χ0v) is 11.6. The lowest BCUT2D eigenvalue weighted by atomic mass is 10.1. The molecule has 0 spiro atoms. The Morgan fingerprint density at radius 3 is 2.63 bits per heavy atom. The number of nitrogens with one attached hydrogen (secondary N) is 2. The van der Waals surface area contributed by atoms with Crippen molar-refractivity contribution in [2.24, 2.45) is 11.8 Å². The number of hydrogen-bond acceptors (Lipinski definition) is 6. The summed E-state index contributed by atoms with van der Waals surface area (Å²) in [5.41, 5.74) is 2.56. The maximum Gasteiger partial charge on any atom is 0.145 e. The monoisotopic (exact) mass is 265 g/mol. The number of nitrogens with zero attached hydrogens (tertiary/aromatic N) is 2. The minimum Gasteiger partial charge on any atom is -0.391 e. The van der Waals surface area contributed by atoms with E-state index in [0.29, 0.717) is 30.0 Å². The second-order valence-corrected chi connectivity index (χ2v) is 5.58. The molecular formula is C13H23N5O. The van der Waals surface area contributed by atoms with E-state index < -0.39 is 0 Å². The van der Waals surface area contributed by atoms with Crippen molar-refractivity contribution in [1.82, 2.24) is 9.97 Å². The number of nitrogens with two attached hydrogens (primary N) is 1. The first-order chi connectivity index (χ1) is 9.08. The Hall–Kier alpha value is -1.40. The molecule has 0 saturated heterocycles. The van der Waals surface area contributed by atoms with E-state index in [2.05, 4.69) is 34.6 Å². The second-order valence-electron chi connectivity index (χ2n) is 5.58. The zero-order chi connectivity index (χ0) is 13.8. The van der Waals surface area contributed by atoms with Crippen LogP contribution in [-0.2, 0) is 0 Å². The summed E-state index contributed by atoms with van der Waals surface area (Å²) in [6, 6.07) is 1.76. The molecule has 0 bridgehead atoms. The Kier molecular flexibility index (Phi) is 4.55. The number of hydrogen-bond donors (Lipinski definition) is 4. The highest BCUT2D eigenvalue weighted by Crippen LogP contribution is 2.38. The van der Waals surface area contributed by atoms with Gasteiger partial charge in [0.1, 0.15) is 17.5 Å². The molecule has 2 rings (SSSR count). The minimum atomic E-state index is -0.367. The van der Waals surface area contributed by atoms with Crippen LogP contribution in [0.4, 0.5) is 11.6 Å². The van der Waals surface area contributed by atoms with Gasteiger partial charge in [-0.05, 0) is 25.2 Å². The molecule has 1 aromatic heterocycles. The highest BCUT2D eigenvalue weighted by Gasteiger charge is 2.27. The summed E-state index contributed by atoms with van der Waals surface area (Å²) in [5.74, 6) is 8.51. The molecule has 1 fully saturated rings. The number of anilines is 2. The Labute approximate surface area is 113 Å². The average Bonchev–Trinajstić information content (AvgIpc) is 3.19. The Bertz CT molecular complexity index is 419. The molecule has 5 N–H and O–H groups in total. The molecule has 0 amide bonds. The van der Waals surface area contributed by atoms with Crippen molar-refractivity contribution in [3.05, 3.63) is 11.9 Å². The van der Waals surface area contributed by atoms with Crippen LogP contribution in [0.15, 0.2) is 6.07 Å². The number of aliphatic hydroxyl groups excluding tert-OH is 1. The number of nitrogen functional groups attached to an aromatic ring is 1. The summed E-state index contributed by atoms with van der Waals surface area (Å²) in [6.45, 7) is 4.68. The summed E-state index contributed by atoms with van der Waals surface area (Å²) in [5, 5.41) is 13.0. The van der Waals surface area contributed by atoms with Crippen LogP contribution in [0.25, 0.3) is 0 Å². The van der Waals surface area contributed by atoms with Crippen molar-refractivity contribution in [2.75, 3.05) is 17.3 Å². The molecule has 1 aliphatic rings. The molecular weight excluding hydrogens is 242 g/mol. The van der Waals surface area contributed by atoms with Crippen molar-refractivity contribution in [3.63, 3.8) is 0 Å². The first-order valence-electron chi connectivity index (χ1n) is 6.86. The van der Waals surface area contributed by atoms with Crippen molar-refractivity contribution >= 4 is 11.6 Å². The highest BCUT2D eigenvalue weighted by molar-refractivity contribution is 5.47. The fraction of sp³-hybridized carbons (Fsp3) is 0.692. The quantitative estimate of drug-likeness (QED) is 0.440. The maximum absolute atomic E-state index is 9.85. The Morgan fingerprint density at radius 2 is 2.05 bits per heavy atom. The summed E-state index contributed by atoms with van der Waals surface area (Å²) < 4.78 is 0. The van der Waals surface area contributed by atoms with Crippen LogP contribution in [0.3, 0.4) is 0 Å². The molecule has 0 radical (unpaired) electrons. The van der Waals surface area contributed by atoms with Crippen molar-refractivity contribution < 1.29 is 5.11 Å². The fourth-order valence-electron chi connectivity index (χ4n) is 2.00. The van der Waals surface area contributed by atoms with Crippen molar-refractivity contribution in [3.8, 4) is 0 Å². The molecule has 6 heteroatoms. The largest absolute Gasteiger partial charge is 0.391 e. The number of hydrazine groups is 1. The summed E-state index contributed by atoms with van der Waals surface area (Å²) >= 11 is 0. The van der Waals surface area contributed by atoms with Crippen LogP contribution in [-0.4, -0.2) is 27.7 Å². The fourth-order valence-corrected chi connectivity index (χ4v) is 2.00.